The molecule has 0 fully saturated rings. The van der Waals surface area contributed by atoms with Crippen molar-refractivity contribution in [2.24, 2.45) is 0 Å². The highest BCUT2D eigenvalue weighted by atomic mass is 16.2. The van der Waals surface area contributed by atoms with Crippen molar-refractivity contribution in [1.29, 1.82) is 0 Å². The standard InChI is InChI=1S/C12H15N5O/c1-9-3-2-4-10(7-9)5-6-13-12(18)16-11-14-8-15-17-11/h2-4,7-8H,5-6H2,1H3,(H3,13,14,15,16,17,18). The number of hydrogen-bond acceptors (Lipinski definition) is 3. The predicted octanol–water partition coefficient (Wildman–Crippen LogP) is 1.48. The second-order valence-electron chi connectivity index (χ2n) is 3.95. The van der Waals surface area contributed by atoms with Crippen LogP contribution in [0.15, 0.2) is 30.6 Å². The summed E-state index contributed by atoms with van der Waals surface area (Å²) in [6, 6.07) is 7.92. The van der Waals surface area contributed by atoms with Crippen molar-refractivity contribution in [1.82, 2.24) is 20.5 Å². The maximum atomic E-state index is 11.5. The van der Waals surface area contributed by atoms with Crippen LogP contribution in [0.25, 0.3) is 0 Å². The lowest BCUT2D eigenvalue weighted by atomic mass is 10.1. The van der Waals surface area contributed by atoms with E-state index in [0.717, 1.165) is 6.42 Å². The molecule has 0 bridgehead atoms. The Hall–Kier alpha value is -2.37. The van der Waals surface area contributed by atoms with E-state index in [2.05, 4.69) is 31.9 Å². The van der Waals surface area contributed by atoms with Crippen molar-refractivity contribution < 1.29 is 4.79 Å². The Morgan fingerprint density at radius 1 is 1.44 bits per heavy atom. The first kappa shape index (κ1) is 12.1. The van der Waals surface area contributed by atoms with Gasteiger partial charge in [0.05, 0.1) is 0 Å². The fraction of sp³-hybridized carbons (Fsp3) is 0.250. The van der Waals surface area contributed by atoms with Crippen molar-refractivity contribution in [3.05, 3.63) is 41.7 Å². The summed E-state index contributed by atoms with van der Waals surface area (Å²) in [5.41, 5.74) is 2.42. The first-order valence-electron chi connectivity index (χ1n) is 5.70. The number of amides is 2. The van der Waals surface area contributed by atoms with Gasteiger partial charge in [-0.05, 0) is 18.9 Å². The van der Waals surface area contributed by atoms with Gasteiger partial charge in [-0.2, -0.15) is 10.1 Å². The van der Waals surface area contributed by atoms with E-state index in [1.807, 2.05) is 25.1 Å². The fourth-order valence-electron chi connectivity index (χ4n) is 1.61. The van der Waals surface area contributed by atoms with Crippen molar-refractivity contribution in [2.75, 3.05) is 11.9 Å². The minimum atomic E-state index is -0.292. The quantitative estimate of drug-likeness (QED) is 0.763. The van der Waals surface area contributed by atoms with Gasteiger partial charge in [-0.25, -0.2) is 9.89 Å². The Morgan fingerprint density at radius 2 is 2.33 bits per heavy atom. The number of nitrogens with zero attached hydrogens (tertiary/aromatic N) is 2. The molecule has 2 aromatic rings. The predicted molar refractivity (Wildman–Crippen MR) is 68.3 cm³/mol. The summed E-state index contributed by atoms with van der Waals surface area (Å²) in [5.74, 6) is 0.336. The van der Waals surface area contributed by atoms with Gasteiger partial charge in [0.25, 0.3) is 0 Å². The molecule has 1 aromatic carbocycles. The molecule has 2 rings (SSSR count). The molecule has 0 saturated carbocycles. The molecule has 6 nitrogen and oxygen atoms in total. The smallest absolute Gasteiger partial charge is 0.321 e. The second-order valence-corrected chi connectivity index (χ2v) is 3.95. The molecule has 18 heavy (non-hydrogen) atoms. The average Bonchev–Trinajstić information content (AvgIpc) is 2.82. The van der Waals surface area contributed by atoms with Gasteiger partial charge in [0.2, 0.25) is 5.95 Å². The van der Waals surface area contributed by atoms with E-state index in [1.54, 1.807) is 0 Å². The lowest BCUT2D eigenvalue weighted by Gasteiger charge is -2.05. The van der Waals surface area contributed by atoms with Crippen LogP contribution in [0.1, 0.15) is 11.1 Å². The van der Waals surface area contributed by atoms with Crippen LogP contribution in [0.5, 0.6) is 0 Å². The third kappa shape index (κ3) is 3.58. The molecular weight excluding hydrogens is 230 g/mol. The SMILES string of the molecule is Cc1cccc(CCNC(=O)Nc2ncn[nH]2)c1. The zero-order valence-corrected chi connectivity index (χ0v) is 10.1. The maximum absolute atomic E-state index is 11.5. The molecule has 1 heterocycles. The number of aromatic amines is 1. The Balaban J connectivity index is 1.73. The summed E-state index contributed by atoms with van der Waals surface area (Å²) in [5, 5.41) is 11.5. The molecule has 0 spiro atoms. The number of carbonyl (C=O) groups is 1. The van der Waals surface area contributed by atoms with Crippen LogP contribution < -0.4 is 10.6 Å². The molecule has 3 N–H and O–H groups in total. The number of anilines is 1. The monoisotopic (exact) mass is 245 g/mol. The van der Waals surface area contributed by atoms with Gasteiger partial charge in [-0.3, -0.25) is 5.32 Å². The van der Waals surface area contributed by atoms with Crippen LogP contribution in [0, 0.1) is 6.92 Å². The Kier molecular flexibility index (Phi) is 3.90. The topological polar surface area (TPSA) is 82.7 Å². The summed E-state index contributed by atoms with van der Waals surface area (Å²) in [6.45, 7) is 2.62. The van der Waals surface area contributed by atoms with Crippen LogP contribution in [-0.4, -0.2) is 27.8 Å². The molecule has 0 unspecified atom stereocenters. The van der Waals surface area contributed by atoms with Crippen molar-refractivity contribution >= 4 is 12.0 Å². The van der Waals surface area contributed by atoms with Gasteiger partial charge in [0.1, 0.15) is 6.33 Å². The van der Waals surface area contributed by atoms with Crippen LogP contribution in [-0.2, 0) is 6.42 Å². The largest absolute Gasteiger partial charge is 0.337 e. The van der Waals surface area contributed by atoms with E-state index in [-0.39, 0.29) is 6.03 Å². The number of hydrogen-bond donors (Lipinski definition) is 3. The number of H-pyrrole nitrogens is 1. The van der Waals surface area contributed by atoms with Crippen LogP contribution in [0.2, 0.25) is 0 Å². The number of urea groups is 1. The van der Waals surface area contributed by atoms with Gasteiger partial charge < -0.3 is 5.32 Å². The van der Waals surface area contributed by atoms with Gasteiger partial charge in [-0.1, -0.05) is 29.8 Å². The molecule has 0 radical (unpaired) electrons. The highest BCUT2D eigenvalue weighted by Gasteiger charge is 2.02. The molecular formula is C12H15N5O. The van der Waals surface area contributed by atoms with Gasteiger partial charge in [0, 0.05) is 6.54 Å². The lowest BCUT2D eigenvalue weighted by Crippen LogP contribution is -2.30. The Labute approximate surface area is 105 Å². The summed E-state index contributed by atoms with van der Waals surface area (Å²) in [7, 11) is 0. The number of aryl methyl sites for hydroxylation is 1. The molecule has 0 aliphatic carbocycles. The molecule has 2 amide bonds. The molecule has 0 atom stereocenters. The molecule has 0 aliphatic rings. The highest BCUT2D eigenvalue weighted by molar-refractivity contribution is 5.87. The molecule has 6 heteroatoms. The summed E-state index contributed by atoms with van der Waals surface area (Å²) >= 11 is 0. The third-order valence-electron chi connectivity index (χ3n) is 2.43. The molecule has 0 saturated heterocycles. The minimum Gasteiger partial charge on any atom is -0.337 e. The van der Waals surface area contributed by atoms with Crippen LogP contribution in [0.3, 0.4) is 0 Å². The second kappa shape index (κ2) is 5.81. The number of benzene rings is 1. The van der Waals surface area contributed by atoms with Crippen LogP contribution in [0.4, 0.5) is 10.7 Å². The number of carbonyl (C=O) groups excluding carboxylic acids is 1. The van der Waals surface area contributed by atoms with E-state index in [1.165, 1.54) is 17.5 Å². The molecule has 0 aliphatic heterocycles. The zero-order valence-electron chi connectivity index (χ0n) is 10.1. The van der Waals surface area contributed by atoms with E-state index >= 15 is 0 Å². The number of aromatic nitrogens is 3. The zero-order chi connectivity index (χ0) is 12.8. The average molecular weight is 245 g/mol. The minimum absolute atomic E-state index is 0.292. The molecule has 94 valence electrons. The lowest BCUT2D eigenvalue weighted by molar-refractivity contribution is 0.252. The summed E-state index contributed by atoms with van der Waals surface area (Å²) < 4.78 is 0. The third-order valence-corrected chi connectivity index (χ3v) is 2.43. The van der Waals surface area contributed by atoms with Gasteiger partial charge in [0.15, 0.2) is 0 Å². The van der Waals surface area contributed by atoms with Crippen molar-refractivity contribution in [3.63, 3.8) is 0 Å². The molecule has 1 aromatic heterocycles. The maximum Gasteiger partial charge on any atom is 0.321 e. The number of rotatable bonds is 4. The van der Waals surface area contributed by atoms with E-state index < -0.39 is 0 Å². The first-order chi connectivity index (χ1) is 8.74. The van der Waals surface area contributed by atoms with Crippen molar-refractivity contribution in [2.45, 2.75) is 13.3 Å². The first-order valence-corrected chi connectivity index (χ1v) is 5.70. The van der Waals surface area contributed by atoms with E-state index in [4.69, 9.17) is 0 Å². The van der Waals surface area contributed by atoms with Crippen LogP contribution >= 0.6 is 0 Å². The fourth-order valence-corrected chi connectivity index (χ4v) is 1.61. The Bertz CT molecular complexity index is 509. The van der Waals surface area contributed by atoms with Gasteiger partial charge >= 0.3 is 6.03 Å². The number of nitrogens with one attached hydrogen (secondary N) is 3. The highest BCUT2D eigenvalue weighted by Crippen LogP contribution is 2.03. The van der Waals surface area contributed by atoms with Gasteiger partial charge in [-0.15, -0.1) is 0 Å². The van der Waals surface area contributed by atoms with Crippen molar-refractivity contribution in [3.8, 4) is 0 Å². The summed E-state index contributed by atoms with van der Waals surface area (Å²) in [4.78, 5) is 15.3. The Morgan fingerprint density at radius 3 is 3.06 bits per heavy atom. The summed E-state index contributed by atoms with van der Waals surface area (Å²) in [6.07, 6.45) is 2.13. The normalized spacial score (nSPS) is 10.1. The van der Waals surface area contributed by atoms with E-state index in [0.29, 0.717) is 12.5 Å². The van der Waals surface area contributed by atoms with E-state index in [9.17, 15) is 4.79 Å².